The van der Waals surface area contributed by atoms with Crippen molar-refractivity contribution in [3.05, 3.63) is 29.3 Å². The highest BCUT2D eigenvalue weighted by Crippen LogP contribution is 2.25. The Morgan fingerprint density at radius 2 is 1.82 bits per heavy atom. The monoisotopic (exact) mass is 257 g/mol. The van der Waals surface area contributed by atoms with E-state index in [1.54, 1.807) is 14.2 Å². The Hall–Kier alpha value is -0.730. The maximum atomic E-state index is 4.25. The second-order valence-electron chi connectivity index (χ2n) is 4.42. The number of hydrogen-bond donors (Lipinski definition) is 0. The first kappa shape index (κ1) is 16.3. The number of benzene rings is 1. The van der Waals surface area contributed by atoms with Crippen LogP contribution in [0.1, 0.15) is 24.0 Å². The molecule has 0 aromatic heterocycles. The van der Waals surface area contributed by atoms with Gasteiger partial charge in [0.25, 0.3) is 0 Å². The number of hydrogen-bond acceptors (Lipinski definition) is 2. The molecule has 0 radical (unpaired) electrons. The van der Waals surface area contributed by atoms with Crippen LogP contribution in [-0.4, -0.2) is 27.8 Å². The minimum absolute atomic E-state index is 0. The lowest BCUT2D eigenvalue weighted by Gasteiger charge is -2.19. The maximum Gasteiger partial charge on any atom is 0.0396 e. The van der Waals surface area contributed by atoms with E-state index in [0.29, 0.717) is 0 Å². The summed E-state index contributed by atoms with van der Waals surface area (Å²) in [6.07, 6.45) is 3.91. The molecule has 0 saturated carbocycles. The van der Waals surface area contributed by atoms with Crippen LogP contribution in [0.15, 0.2) is 18.2 Å². The highest BCUT2D eigenvalue weighted by molar-refractivity contribution is 5.85. The van der Waals surface area contributed by atoms with Gasteiger partial charge in [-0.3, -0.25) is 0 Å². The number of aryl methyl sites for hydroxylation is 2. The second kappa shape index (κ2) is 8.37. The van der Waals surface area contributed by atoms with Crippen LogP contribution in [0.4, 0.5) is 5.69 Å². The van der Waals surface area contributed by atoms with Crippen LogP contribution in [0.2, 0.25) is 0 Å². The molecule has 98 valence electrons. The van der Waals surface area contributed by atoms with E-state index in [9.17, 15) is 0 Å². The smallest absolute Gasteiger partial charge is 0.0396 e. The van der Waals surface area contributed by atoms with Crippen LogP contribution in [0, 0.1) is 6.92 Å². The van der Waals surface area contributed by atoms with Gasteiger partial charge in [0.2, 0.25) is 0 Å². The highest BCUT2D eigenvalue weighted by atomic mass is 35.5. The molecular weight excluding hydrogens is 234 g/mol. The molecule has 0 spiro atoms. The molecule has 0 N–H and O–H groups in total. The summed E-state index contributed by atoms with van der Waals surface area (Å²) in [5, 5.41) is 0. The third-order valence-corrected chi connectivity index (χ3v) is 2.84. The van der Waals surface area contributed by atoms with Gasteiger partial charge in [-0.25, -0.2) is 0 Å². The lowest BCUT2D eigenvalue weighted by atomic mass is 10.1. The topological polar surface area (TPSA) is 12.5 Å². The molecule has 0 atom stereocenters. The lowest BCUT2D eigenvalue weighted by Crippen LogP contribution is -2.17. The van der Waals surface area contributed by atoms with Gasteiger partial charge in [0.15, 0.2) is 0 Å². The van der Waals surface area contributed by atoms with Gasteiger partial charge in [0.1, 0.15) is 0 Å². The van der Waals surface area contributed by atoms with E-state index in [0.717, 1.165) is 0 Å². The van der Waals surface area contributed by atoms with Gasteiger partial charge in [-0.1, -0.05) is 17.7 Å². The minimum atomic E-state index is 0. The molecule has 1 aromatic rings. The fourth-order valence-electron chi connectivity index (χ4n) is 2.07. The first-order valence-corrected chi connectivity index (χ1v) is 5.90. The molecule has 1 aromatic carbocycles. The standard InChI is InChI=1S/C12H17N.C2H6O.ClH/c1-10-6-7-12-11(9-10)5-3-4-8-13(12)2;1-3-2;/h6-7,9H,3-5,8H2,1-2H3;1-2H3;1H. The number of rotatable bonds is 0. The summed E-state index contributed by atoms with van der Waals surface area (Å²) < 4.78 is 4.25. The van der Waals surface area contributed by atoms with Gasteiger partial charge in [-0.15, -0.1) is 12.4 Å². The number of fused-ring (bicyclic) bond motifs is 1. The van der Waals surface area contributed by atoms with E-state index in [4.69, 9.17) is 0 Å². The van der Waals surface area contributed by atoms with Crippen molar-refractivity contribution >= 4 is 18.1 Å². The molecule has 1 aliphatic rings. The zero-order valence-corrected chi connectivity index (χ0v) is 12.1. The lowest BCUT2D eigenvalue weighted by molar-refractivity contribution is 0.277. The molecule has 1 heterocycles. The normalized spacial score (nSPS) is 13.8. The average molecular weight is 258 g/mol. The van der Waals surface area contributed by atoms with Crippen LogP contribution >= 0.6 is 12.4 Å². The van der Waals surface area contributed by atoms with E-state index in [1.165, 1.54) is 42.6 Å². The summed E-state index contributed by atoms with van der Waals surface area (Å²) in [4.78, 5) is 2.38. The Bertz CT molecular complexity index is 328. The number of halogens is 1. The van der Waals surface area contributed by atoms with Crippen LogP contribution < -0.4 is 4.90 Å². The maximum absolute atomic E-state index is 4.25. The zero-order chi connectivity index (χ0) is 12.0. The molecule has 2 nitrogen and oxygen atoms in total. The summed E-state index contributed by atoms with van der Waals surface area (Å²) in [5.74, 6) is 0. The van der Waals surface area contributed by atoms with E-state index in [2.05, 4.69) is 41.8 Å². The fraction of sp³-hybridized carbons (Fsp3) is 0.571. The van der Waals surface area contributed by atoms with Crippen molar-refractivity contribution in [2.24, 2.45) is 0 Å². The van der Waals surface area contributed by atoms with Gasteiger partial charge in [0, 0.05) is 33.5 Å². The average Bonchev–Trinajstić information content (AvgIpc) is 2.41. The van der Waals surface area contributed by atoms with Crippen molar-refractivity contribution in [1.29, 1.82) is 0 Å². The highest BCUT2D eigenvalue weighted by Gasteiger charge is 2.10. The zero-order valence-electron chi connectivity index (χ0n) is 11.3. The Kier molecular flexibility index (Phi) is 8.01. The van der Waals surface area contributed by atoms with Crippen LogP contribution in [0.3, 0.4) is 0 Å². The number of anilines is 1. The first-order chi connectivity index (χ1) is 7.69. The molecule has 0 saturated heterocycles. The summed E-state index contributed by atoms with van der Waals surface area (Å²) in [6.45, 7) is 3.38. The van der Waals surface area contributed by atoms with Crippen molar-refractivity contribution in [2.75, 3.05) is 32.7 Å². The first-order valence-electron chi connectivity index (χ1n) is 5.90. The molecule has 1 aliphatic heterocycles. The van der Waals surface area contributed by atoms with Crippen molar-refractivity contribution in [3.63, 3.8) is 0 Å². The molecule has 0 unspecified atom stereocenters. The number of ether oxygens (including phenoxy) is 1. The third kappa shape index (κ3) is 4.97. The summed E-state index contributed by atoms with van der Waals surface area (Å²) in [6, 6.07) is 6.80. The number of methoxy groups -OCH3 is 1. The molecule has 0 fully saturated rings. The van der Waals surface area contributed by atoms with E-state index in [1.807, 2.05) is 0 Å². The van der Waals surface area contributed by atoms with Crippen LogP contribution in [-0.2, 0) is 11.2 Å². The van der Waals surface area contributed by atoms with Gasteiger partial charge in [-0.05, 0) is 37.8 Å². The van der Waals surface area contributed by atoms with Crippen LogP contribution in [0.5, 0.6) is 0 Å². The predicted molar refractivity (Wildman–Crippen MR) is 77.6 cm³/mol. The Labute approximate surface area is 111 Å². The van der Waals surface area contributed by atoms with Crippen molar-refractivity contribution in [3.8, 4) is 0 Å². The van der Waals surface area contributed by atoms with Crippen LogP contribution in [0.25, 0.3) is 0 Å². The van der Waals surface area contributed by atoms with Crippen molar-refractivity contribution < 1.29 is 4.74 Å². The molecule has 2 rings (SSSR count). The largest absolute Gasteiger partial charge is 0.388 e. The van der Waals surface area contributed by atoms with Gasteiger partial charge in [0.05, 0.1) is 0 Å². The van der Waals surface area contributed by atoms with Gasteiger partial charge < -0.3 is 9.64 Å². The minimum Gasteiger partial charge on any atom is -0.388 e. The predicted octanol–water partition coefficient (Wildman–Crippen LogP) is 3.45. The van der Waals surface area contributed by atoms with E-state index in [-0.39, 0.29) is 12.4 Å². The summed E-state index contributed by atoms with van der Waals surface area (Å²) in [5.41, 5.74) is 4.34. The van der Waals surface area contributed by atoms with Gasteiger partial charge in [-0.2, -0.15) is 0 Å². The fourth-order valence-corrected chi connectivity index (χ4v) is 2.07. The number of nitrogens with zero attached hydrogens (tertiary/aromatic N) is 1. The molecule has 17 heavy (non-hydrogen) atoms. The Morgan fingerprint density at radius 1 is 1.18 bits per heavy atom. The molecule has 0 bridgehead atoms. The third-order valence-electron chi connectivity index (χ3n) is 2.84. The Balaban J connectivity index is 0.000000583. The van der Waals surface area contributed by atoms with Gasteiger partial charge >= 0.3 is 0 Å². The van der Waals surface area contributed by atoms with Crippen molar-refractivity contribution in [1.82, 2.24) is 0 Å². The molecule has 3 heteroatoms. The Morgan fingerprint density at radius 3 is 2.47 bits per heavy atom. The molecule has 0 amide bonds. The van der Waals surface area contributed by atoms with Crippen molar-refractivity contribution in [2.45, 2.75) is 26.2 Å². The van der Waals surface area contributed by atoms with E-state index >= 15 is 0 Å². The quantitative estimate of drug-likeness (QED) is 0.706. The summed E-state index contributed by atoms with van der Waals surface area (Å²) in [7, 11) is 5.44. The summed E-state index contributed by atoms with van der Waals surface area (Å²) >= 11 is 0. The molecule has 0 aliphatic carbocycles. The molecular formula is C14H24ClNO. The second-order valence-corrected chi connectivity index (χ2v) is 4.42. The SMILES string of the molecule is COC.Cc1ccc2c(c1)CCCCN2C.Cl. The van der Waals surface area contributed by atoms with E-state index < -0.39 is 0 Å².